The van der Waals surface area contributed by atoms with E-state index in [1.54, 1.807) is 19.5 Å². The maximum Gasteiger partial charge on any atom is 0.212 e. The molecule has 1 N–H and O–H groups in total. The summed E-state index contributed by atoms with van der Waals surface area (Å²) in [6.45, 7) is 1.79. The van der Waals surface area contributed by atoms with Crippen molar-refractivity contribution in [3.63, 3.8) is 0 Å². The summed E-state index contributed by atoms with van der Waals surface area (Å²) in [4.78, 5) is 22.4. The fourth-order valence-electron chi connectivity index (χ4n) is 3.11. The Bertz CT molecular complexity index is 1020. The second-order valence-corrected chi connectivity index (χ2v) is 6.31. The van der Waals surface area contributed by atoms with Gasteiger partial charge in [-0.05, 0) is 24.1 Å². The van der Waals surface area contributed by atoms with Gasteiger partial charge in [0.05, 0.1) is 25.1 Å². The second kappa shape index (κ2) is 7.20. The van der Waals surface area contributed by atoms with Crippen LogP contribution in [-0.4, -0.2) is 38.4 Å². The maximum absolute atomic E-state index is 9.57. The second-order valence-electron chi connectivity index (χ2n) is 6.31. The molecule has 0 atom stereocenters. The normalized spacial score (nSPS) is 12.3. The van der Waals surface area contributed by atoms with Gasteiger partial charge in [0.2, 0.25) is 5.88 Å². The topological polar surface area (TPSA) is 93.4 Å². The smallest absolute Gasteiger partial charge is 0.212 e. The molecule has 0 aliphatic carbocycles. The van der Waals surface area contributed by atoms with Gasteiger partial charge in [0, 0.05) is 43.1 Å². The van der Waals surface area contributed by atoms with Crippen LogP contribution in [0, 0.1) is 6.92 Å². The number of aromatic nitrogens is 4. The van der Waals surface area contributed by atoms with Gasteiger partial charge in [0.25, 0.3) is 0 Å². The molecule has 1 aliphatic heterocycles. The van der Waals surface area contributed by atoms with E-state index in [0.29, 0.717) is 24.5 Å². The Hall–Kier alpha value is -3.19. The van der Waals surface area contributed by atoms with Gasteiger partial charge in [-0.2, -0.15) is 0 Å². The summed E-state index contributed by atoms with van der Waals surface area (Å²) in [5.41, 5.74) is 5.90. The first-order valence-electron chi connectivity index (χ1n) is 8.66. The first-order chi connectivity index (χ1) is 13.2. The van der Waals surface area contributed by atoms with Gasteiger partial charge >= 0.3 is 0 Å². The van der Waals surface area contributed by atoms with Crippen molar-refractivity contribution in [1.29, 1.82) is 0 Å². The van der Waals surface area contributed by atoms with Crippen LogP contribution in [0.1, 0.15) is 28.3 Å². The third kappa shape index (κ3) is 3.41. The fourth-order valence-corrected chi connectivity index (χ4v) is 3.11. The molecule has 0 saturated heterocycles. The van der Waals surface area contributed by atoms with Crippen molar-refractivity contribution >= 4 is 11.9 Å². The first-order valence-corrected chi connectivity index (χ1v) is 8.66. The zero-order valence-electron chi connectivity index (χ0n) is 15.2. The largest absolute Gasteiger partial charge is 0.481 e. The summed E-state index contributed by atoms with van der Waals surface area (Å²) in [5.74, 6) is 1.27. The Labute approximate surface area is 156 Å². The molecule has 0 unspecified atom stereocenters. The highest BCUT2D eigenvalue weighted by molar-refractivity contribution is 5.84. The van der Waals surface area contributed by atoms with Crippen LogP contribution in [0.5, 0.6) is 5.88 Å². The molecule has 0 saturated carbocycles. The molecule has 7 heteroatoms. The number of rotatable bonds is 5. The van der Waals surface area contributed by atoms with Crippen LogP contribution in [0.4, 0.5) is 5.69 Å². The molecule has 0 fully saturated rings. The van der Waals surface area contributed by atoms with Crippen LogP contribution in [0.3, 0.4) is 0 Å². The van der Waals surface area contributed by atoms with Gasteiger partial charge in [-0.3, -0.25) is 9.98 Å². The fraction of sp³-hybridized carbons (Fsp3) is 0.250. The highest BCUT2D eigenvalue weighted by Gasteiger charge is 2.20. The van der Waals surface area contributed by atoms with Gasteiger partial charge in [-0.1, -0.05) is 6.07 Å². The Balaban J connectivity index is 1.81. The predicted molar refractivity (Wildman–Crippen MR) is 101 cm³/mol. The van der Waals surface area contributed by atoms with Gasteiger partial charge in [0.15, 0.2) is 0 Å². The van der Waals surface area contributed by atoms with Crippen molar-refractivity contribution in [1.82, 2.24) is 19.9 Å². The van der Waals surface area contributed by atoms with E-state index in [9.17, 15) is 5.11 Å². The Kier molecular flexibility index (Phi) is 4.60. The molecule has 0 bridgehead atoms. The quantitative estimate of drug-likeness (QED) is 0.751. The lowest BCUT2D eigenvalue weighted by Crippen LogP contribution is -2.03. The molecule has 3 aromatic rings. The van der Waals surface area contributed by atoms with Crippen molar-refractivity contribution in [2.24, 2.45) is 4.99 Å². The summed E-state index contributed by atoms with van der Waals surface area (Å²) in [6, 6.07) is 5.72. The molecule has 3 aromatic heterocycles. The molecule has 0 radical (unpaired) electrons. The number of methoxy groups -OCH3 is 1. The number of aliphatic hydroxyl groups excluding tert-OH is 1. The Morgan fingerprint density at radius 1 is 1.11 bits per heavy atom. The van der Waals surface area contributed by atoms with E-state index in [-0.39, 0.29) is 6.61 Å². The van der Waals surface area contributed by atoms with Gasteiger partial charge < -0.3 is 9.84 Å². The summed E-state index contributed by atoms with van der Waals surface area (Å²) in [7, 11) is 1.59. The van der Waals surface area contributed by atoms with Crippen molar-refractivity contribution < 1.29 is 9.84 Å². The van der Waals surface area contributed by atoms with Crippen LogP contribution < -0.4 is 4.74 Å². The lowest BCUT2D eigenvalue weighted by molar-refractivity contribution is 0.281. The van der Waals surface area contributed by atoms with Crippen molar-refractivity contribution in [2.45, 2.75) is 26.4 Å². The third-order valence-corrected chi connectivity index (χ3v) is 4.42. The standard InChI is InChI=1S/C20H19N5O2/c1-12-24-16-5-6-21-20(16)19(25-12)15-7-14(11-26)10-22-17(15)8-13-3-4-18(27-2)23-9-13/h3-4,6-7,9-10,26H,5,8,11H2,1-2H3. The van der Waals surface area contributed by atoms with E-state index in [0.717, 1.165) is 39.5 Å². The van der Waals surface area contributed by atoms with Crippen LogP contribution in [0.25, 0.3) is 11.3 Å². The Morgan fingerprint density at radius 2 is 1.96 bits per heavy atom. The molecular weight excluding hydrogens is 342 g/mol. The van der Waals surface area contributed by atoms with E-state index < -0.39 is 0 Å². The lowest BCUT2D eigenvalue weighted by Gasteiger charge is -2.13. The summed E-state index contributed by atoms with van der Waals surface area (Å²) in [6.07, 6.45) is 6.60. The molecule has 1 aliphatic rings. The number of aliphatic hydroxyl groups is 1. The van der Waals surface area contributed by atoms with Crippen molar-refractivity contribution in [2.75, 3.05) is 7.11 Å². The van der Waals surface area contributed by atoms with Crippen LogP contribution in [-0.2, 0) is 19.4 Å². The summed E-state index contributed by atoms with van der Waals surface area (Å²) < 4.78 is 5.12. The minimum atomic E-state index is -0.0834. The maximum atomic E-state index is 9.57. The van der Waals surface area contributed by atoms with Crippen LogP contribution in [0.15, 0.2) is 35.6 Å². The van der Waals surface area contributed by atoms with Gasteiger partial charge in [0.1, 0.15) is 17.2 Å². The van der Waals surface area contributed by atoms with Crippen LogP contribution in [0.2, 0.25) is 0 Å². The minimum Gasteiger partial charge on any atom is -0.481 e. The number of ether oxygens (including phenoxy) is 1. The third-order valence-electron chi connectivity index (χ3n) is 4.42. The number of hydrogen-bond donors (Lipinski definition) is 1. The molecule has 136 valence electrons. The molecule has 0 aromatic carbocycles. The number of hydrogen-bond acceptors (Lipinski definition) is 7. The van der Waals surface area contributed by atoms with E-state index >= 15 is 0 Å². The summed E-state index contributed by atoms with van der Waals surface area (Å²) in [5, 5.41) is 9.57. The van der Waals surface area contributed by atoms with Crippen LogP contribution >= 0.6 is 0 Å². The minimum absolute atomic E-state index is 0.0834. The molecule has 27 heavy (non-hydrogen) atoms. The molecule has 0 amide bonds. The van der Waals surface area contributed by atoms with Crippen molar-refractivity contribution in [3.05, 3.63) is 58.9 Å². The summed E-state index contributed by atoms with van der Waals surface area (Å²) >= 11 is 0. The SMILES string of the molecule is COc1ccc(Cc2ncc(CO)cc2-c2nc(C)nc3c2N=CC3)cn1. The highest BCUT2D eigenvalue weighted by atomic mass is 16.5. The predicted octanol–water partition coefficient (Wildman–Crippen LogP) is 2.59. The van der Waals surface area contributed by atoms with Crippen molar-refractivity contribution in [3.8, 4) is 17.1 Å². The average molecular weight is 361 g/mol. The molecule has 7 nitrogen and oxygen atoms in total. The number of fused-ring (bicyclic) bond motifs is 1. The van der Waals surface area contributed by atoms with E-state index in [1.807, 2.05) is 31.3 Å². The monoisotopic (exact) mass is 361 g/mol. The molecule has 4 heterocycles. The zero-order valence-corrected chi connectivity index (χ0v) is 15.2. The highest BCUT2D eigenvalue weighted by Crippen LogP contribution is 2.36. The lowest BCUT2D eigenvalue weighted by atomic mass is 10.0. The van der Waals surface area contributed by atoms with Gasteiger partial charge in [-0.25, -0.2) is 15.0 Å². The Morgan fingerprint density at radius 3 is 2.70 bits per heavy atom. The number of pyridine rings is 2. The number of nitrogens with zero attached hydrogens (tertiary/aromatic N) is 5. The molecule has 4 rings (SSSR count). The first kappa shape index (κ1) is 17.2. The molecular formula is C20H19N5O2. The van der Waals surface area contributed by atoms with Gasteiger partial charge in [-0.15, -0.1) is 0 Å². The number of aliphatic imine (C=N–C) groups is 1. The molecule has 0 spiro atoms. The number of aryl methyl sites for hydroxylation is 1. The zero-order chi connectivity index (χ0) is 18.8. The van der Waals surface area contributed by atoms with E-state index in [1.165, 1.54) is 0 Å². The van der Waals surface area contributed by atoms with E-state index in [4.69, 9.17) is 4.74 Å². The average Bonchev–Trinajstić information content (AvgIpc) is 3.16. The van der Waals surface area contributed by atoms with E-state index in [2.05, 4.69) is 24.9 Å².